The lowest BCUT2D eigenvalue weighted by Gasteiger charge is -2.12. The summed E-state index contributed by atoms with van der Waals surface area (Å²) in [6, 6.07) is 64.5. The highest BCUT2D eigenvalue weighted by atomic mass is 15.0. The van der Waals surface area contributed by atoms with Crippen LogP contribution in [0.1, 0.15) is 0 Å². The highest BCUT2D eigenvalue weighted by molar-refractivity contribution is 6.21. The molecule has 0 unspecified atom stereocenters. The molecule has 53 heavy (non-hydrogen) atoms. The lowest BCUT2D eigenvalue weighted by atomic mass is 9.96. The molecule has 0 N–H and O–H groups in total. The molecule has 4 nitrogen and oxygen atoms in total. The van der Waals surface area contributed by atoms with Crippen molar-refractivity contribution in [2.75, 3.05) is 0 Å². The minimum absolute atomic E-state index is 0.631. The average molecular weight is 675 g/mol. The Balaban J connectivity index is 1.09. The first-order chi connectivity index (χ1) is 26.3. The molecule has 0 aliphatic rings. The van der Waals surface area contributed by atoms with Gasteiger partial charge in [-0.2, -0.15) is 0 Å². The highest BCUT2D eigenvalue weighted by Gasteiger charge is 2.17. The number of hydrogen-bond donors (Lipinski definition) is 0. The van der Waals surface area contributed by atoms with E-state index >= 15 is 0 Å². The van der Waals surface area contributed by atoms with Crippen LogP contribution in [0.25, 0.3) is 105 Å². The molecule has 0 saturated carbocycles. The normalized spacial score (nSPS) is 11.8. The summed E-state index contributed by atoms with van der Waals surface area (Å²) in [5.74, 6) is 1.92. The first kappa shape index (κ1) is 29.5. The molecule has 0 spiro atoms. The van der Waals surface area contributed by atoms with Crippen LogP contribution in [0.2, 0.25) is 0 Å². The number of para-hydroxylation sites is 1. The molecule has 2 aromatic heterocycles. The highest BCUT2D eigenvalue weighted by Crippen LogP contribution is 2.38. The van der Waals surface area contributed by atoms with E-state index in [4.69, 9.17) is 15.0 Å². The maximum Gasteiger partial charge on any atom is 0.164 e. The fourth-order valence-corrected chi connectivity index (χ4v) is 8.12. The molecule has 0 aliphatic heterocycles. The molecule has 0 saturated heterocycles. The van der Waals surface area contributed by atoms with Gasteiger partial charge in [-0.25, -0.2) is 15.0 Å². The second kappa shape index (κ2) is 11.7. The Hall–Kier alpha value is -7.17. The standard InChI is InChI=1S/C49H30N4/c1-2-13-33(14-3-1)47-50-48(52-49(51-47)36-23-25-39-34(29-36)22-27-41-38-17-6-4-11-31(38)21-26-42(39)41)35-15-10-16-37(30-35)53-44-20-9-8-19-43(44)46-40-18-7-5-12-32(40)24-28-45(46)53/h1-30H. The molecule has 0 fully saturated rings. The first-order valence-corrected chi connectivity index (χ1v) is 17.9. The molecule has 0 aliphatic carbocycles. The molecule has 11 rings (SSSR count). The quantitative estimate of drug-likeness (QED) is 0.175. The summed E-state index contributed by atoms with van der Waals surface area (Å²) in [4.78, 5) is 15.3. The molecule has 11 aromatic rings. The van der Waals surface area contributed by atoms with Crippen LogP contribution >= 0.6 is 0 Å². The molecule has 0 atom stereocenters. The Bertz CT molecular complexity index is 3230. The van der Waals surface area contributed by atoms with E-state index in [1.807, 2.05) is 18.2 Å². The fraction of sp³-hybridized carbons (Fsp3) is 0. The summed E-state index contributed by atoms with van der Waals surface area (Å²) in [6.45, 7) is 0. The van der Waals surface area contributed by atoms with Gasteiger partial charge in [0.1, 0.15) is 0 Å². The van der Waals surface area contributed by atoms with E-state index < -0.39 is 0 Å². The van der Waals surface area contributed by atoms with Crippen molar-refractivity contribution in [2.45, 2.75) is 0 Å². The van der Waals surface area contributed by atoms with Crippen molar-refractivity contribution >= 4 is 64.9 Å². The van der Waals surface area contributed by atoms with Gasteiger partial charge in [0.2, 0.25) is 0 Å². The Labute approximate surface area is 305 Å². The van der Waals surface area contributed by atoms with E-state index in [0.717, 1.165) is 33.3 Å². The zero-order valence-corrected chi connectivity index (χ0v) is 28.6. The van der Waals surface area contributed by atoms with E-state index in [-0.39, 0.29) is 0 Å². The summed E-state index contributed by atoms with van der Waals surface area (Å²) >= 11 is 0. The lowest BCUT2D eigenvalue weighted by Crippen LogP contribution is -2.01. The first-order valence-electron chi connectivity index (χ1n) is 17.9. The number of fused-ring (bicyclic) bond motifs is 10. The second-order valence-electron chi connectivity index (χ2n) is 13.6. The van der Waals surface area contributed by atoms with Gasteiger partial charge in [-0.1, -0.05) is 152 Å². The SMILES string of the molecule is c1ccc(-c2nc(-c3cccc(-n4c5ccccc5c5c6ccccc6ccc54)c3)nc(-c3ccc4c(ccc5c6ccccc6ccc45)c3)n2)cc1. The van der Waals surface area contributed by atoms with Crippen LogP contribution in [0.5, 0.6) is 0 Å². The van der Waals surface area contributed by atoms with Gasteiger partial charge in [-0.05, 0) is 73.4 Å². The largest absolute Gasteiger partial charge is 0.309 e. The summed E-state index contributed by atoms with van der Waals surface area (Å²) in [5.41, 5.74) is 6.20. The Kier molecular flexibility index (Phi) is 6.52. The number of benzene rings is 9. The van der Waals surface area contributed by atoms with Crippen molar-refractivity contribution in [3.8, 4) is 39.9 Å². The molecule has 246 valence electrons. The van der Waals surface area contributed by atoms with E-state index in [1.54, 1.807) is 0 Å². The zero-order chi connectivity index (χ0) is 34.9. The van der Waals surface area contributed by atoms with Gasteiger partial charge in [0.25, 0.3) is 0 Å². The third-order valence-corrected chi connectivity index (χ3v) is 10.6. The predicted octanol–water partition coefficient (Wildman–Crippen LogP) is 12.6. The Morgan fingerprint density at radius 2 is 0.849 bits per heavy atom. The van der Waals surface area contributed by atoms with Gasteiger partial charge >= 0.3 is 0 Å². The topological polar surface area (TPSA) is 43.6 Å². The van der Waals surface area contributed by atoms with Gasteiger partial charge < -0.3 is 4.57 Å². The molecule has 4 heteroatoms. The molecular formula is C49H30N4. The number of aromatic nitrogens is 4. The van der Waals surface area contributed by atoms with Crippen molar-refractivity contribution in [3.63, 3.8) is 0 Å². The van der Waals surface area contributed by atoms with E-state index in [9.17, 15) is 0 Å². The predicted molar refractivity (Wildman–Crippen MR) is 220 cm³/mol. The van der Waals surface area contributed by atoms with Crippen LogP contribution in [-0.2, 0) is 0 Å². The van der Waals surface area contributed by atoms with Gasteiger partial charge in [0.05, 0.1) is 11.0 Å². The third kappa shape index (κ3) is 4.73. The Morgan fingerprint density at radius 1 is 0.302 bits per heavy atom. The monoisotopic (exact) mass is 674 g/mol. The van der Waals surface area contributed by atoms with Crippen molar-refractivity contribution in [1.82, 2.24) is 19.5 Å². The summed E-state index contributed by atoms with van der Waals surface area (Å²) in [5, 5.41) is 12.3. The zero-order valence-electron chi connectivity index (χ0n) is 28.6. The number of nitrogens with zero attached hydrogens (tertiary/aromatic N) is 4. The summed E-state index contributed by atoms with van der Waals surface area (Å²) in [7, 11) is 0. The van der Waals surface area contributed by atoms with E-state index in [2.05, 4.69) is 168 Å². The van der Waals surface area contributed by atoms with Crippen LogP contribution in [-0.4, -0.2) is 19.5 Å². The van der Waals surface area contributed by atoms with Crippen LogP contribution < -0.4 is 0 Å². The third-order valence-electron chi connectivity index (χ3n) is 10.6. The van der Waals surface area contributed by atoms with Crippen LogP contribution in [0, 0.1) is 0 Å². The van der Waals surface area contributed by atoms with Gasteiger partial charge in [0.15, 0.2) is 17.5 Å². The smallest absolute Gasteiger partial charge is 0.164 e. The number of rotatable bonds is 4. The van der Waals surface area contributed by atoms with Gasteiger partial charge in [0, 0.05) is 33.2 Å². The molecular weight excluding hydrogens is 645 g/mol. The van der Waals surface area contributed by atoms with Crippen LogP contribution in [0.15, 0.2) is 182 Å². The van der Waals surface area contributed by atoms with Crippen molar-refractivity contribution < 1.29 is 0 Å². The van der Waals surface area contributed by atoms with Gasteiger partial charge in [-0.15, -0.1) is 0 Å². The number of hydrogen-bond acceptors (Lipinski definition) is 3. The maximum atomic E-state index is 5.17. The molecule has 0 bridgehead atoms. The molecule has 9 aromatic carbocycles. The van der Waals surface area contributed by atoms with E-state index in [0.29, 0.717) is 17.5 Å². The lowest BCUT2D eigenvalue weighted by molar-refractivity contribution is 1.07. The minimum atomic E-state index is 0.631. The van der Waals surface area contributed by atoms with Crippen LogP contribution in [0.3, 0.4) is 0 Å². The Morgan fingerprint density at radius 3 is 1.64 bits per heavy atom. The van der Waals surface area contributed by atoms with E-state index in [1.165, 1.54) is 54.0 Å². The van der Waals surface area contributed by atoms with Crippen LogP contribution in [0.4, 0.5) is 0 Å². The van der Waals surface area contributed by atoms with Crippen molar-refractivity contribution in [3.05, 3.63) is 182 Å². The minimum Gasteiger partial charge on any atom is -0.309 e. The fourth-order valence-electron chi connectivity index (χ4n) is 8.12. The van der Waals surface area contributed by atoms with Gasteiger partial charge in [-0.3, -0.25) is 0 Å². The second-order valence-corrected chi connectivity index (χ2v) is 13.6. The average Bonchev–Trinajstić information content (AvgIpc) is 3.58. The molecule has 0 radical (unpaired) electrons. The molecule has 0 amide bonds. The van der Waals surface area contributed by atoms with Crippen molar-refractivity contribution in [1.29, 1.82) is 0 Å². The summed E-state index contributed by atoms with van der Waals surface area (Å²) in [6.07, 6.45) is 0. The van der Waals surface area contributed by atoms with Crippen molar-refractivity contribution in [2.24, 2.45) is 0 Å². The summed E-state index contributed by atoms with van der Waals surface area (Å²) < 4.78 is 2.36. The maximum absolute atomic E-state index is 5.17. The molecule has 2 heterocycles.